The van der Waals surface area contributed by atoms with Crippen molar-refractivity contribution in [2.24, 2.45) is 0 Å². The van der Waals surface area contributed by atoms with Gasteiger partial charge in [0.2, 0.25) is 0 Å². The third-order valence-electron chi connectivity index (χ3n) is 4.20. The van der Waals surface area contributed by atoms with Crippen molar-refractivity contribution in [3.05, 3.63) is 54.1 Å². The first kappa shape index (κ1) is 17.4. The molecule has 0 spiro atoms. The maximum Gasteiger partial charge on any atom is 0.251 e. The Morgan fingerprint density at radius 1 is 1.12 bits per heavy atom. The summed E-state index contributed by atoms with van der Waals surface area (Å²) >= 11 is 0. The van der Waals surface area contributed by atoms with Crippen LogP contribution >= 0.6 is 0 Å². The number of ether oxygens (including phenoxy) is 1. The van der Waals surface area contributed by atoms with Crippen LogP contribution in [0.15, 0.2) is 48.5 Å². The minimum absolute atomic E-state index is 0.237. The van der Waals surface area contributed by atoms with Crippen LogP contribution in [0, 0.1) is 0 Å². The van der Waals surface area contributed by atoms with Gasteiger partial charge in [-0.3, -0.25) is 4.79 Å². The lowest BCUT2D eigenvalue weighted by molar-refractivity contribution is 0.0889. The fraction of sp³-hybridized carbons (Fsp3) is 0.278. The second-order valence-corrected chi connectivity index (χ2v) is 8.16. The SMILES string of the molecule is COc1ccccc1-c1ccc(C(=O)N[C@@H]2CS(=O)(=O)C[C@H]2O)cc1. The van der Waals surface area contributed by atoms with Crippen LogP contribution in [-0.2, 0) is 9.84 Å². The first-order valence-corrected chi connectivity index (χ1v) is 9.64. The Morgan fingerprint density at radius 3 is 2.40 bits per heavy atom. The van der Waals surface area contributed by atoms with Gasteiger partial charge in [0.05, 0.1) is 30.8 Å². The number of benzene rings is 2. The highest BCUT2D eigenvalue weighted by Crippen LogP contribution is 2.29. The molecule has 2 N–H and O–H groups in total. The molecule has 2 atom stereocenters. The Bertz CT molecular complexity index is 877. The van der Waals surface area contributed by atoms with Crippen LogP contribution in [0.3, 0.4) is 0 Å². The minimum Gasteiger partial charge on any atom is -0.496 e. The number of aliphatic hydroxyl groups excluding tert-OH is 1. The summed E-state index contributed by atoms with van der Waals surface area (Å²) in [6.45, 7) is 0. The molecule has 1 fully saturated rings. The number of rotatable bonds is 4. The molecule has 2 aromatic rings. The average Bonchev–Trinajstić information content (AvgIpc) is 2.86. The summed E-state index contributed by atoms with van der Waals surface area (Å²) in [5.74, 6) is -0.226. The molecule has 0 aliphatic carbocycles. The zero-order chi connectivity index (χ0) is 18.0. The molecule has 2 aromatic carbocycles. The van der Waals surface area contributed by atoms with E-state index in [0.717, 1.165) is 16.9 Å². The second kappa shape index (κ2) is 6.85. The van der Waals surface area contributed by atoms with E-state index in [0.29, 0.717) is 5.56 Å². The van der Waals surface area contributed by atoms with E-state index in [9.17, 15) is 18.3 Å². The van der Waals surface area contributed by atoms with Crippen LogP contribution in [0.4, 0.5) is 0 Å². The number of carbonyl (C=O) groups is 1. The number of sulfone groups is 1. The zero-order valence-corrected chi connectivity index (χ0v) is 14.5. The highest BCUT2D eigenvalue weighted by Gasteiger charge is 2.37. The van der Waals surface area contributed by atoms with Crippen molar-refractivity contribution in [3.8, 4) is 16.9 Å². The van der Waals surface area contributed by atoms with E-state index in [-0.39, 0.29) is 11.5 Å². The molecule has 1 aliphatic rings. The van der Waals surface area contributed by atoms with Gasteiger partial charge in [-0.2, -0.15) is 0 Å². The molecule has 1 aliphatic heterocycles. The van der Waals surface area contributed by atoms with E-state index in [2.05, 4.69) is 5.32 Å². The molecular weight excluding hydrogens is 342 g/mol. The quantitative estimate of drug-likeness (QED) is 0.855. The van der Waals surface area contributed by atoms with Crippen molar-refractivity contribution in [3.63, 3.8) is 0 Å². The molecule has 0 bridgehead atoms. The van der Waals surface area contributed by atoms with Crippen molar-refractivity contribution in [1.82, 2.24) is 5.32 Å². The number of methoxy groups -OCH3 is 1. The summed E-state index contributed by atoms with van der Waals surface area (Å²) in [5.41, 5.74) is 2.21. The zero-order valence-electron chi connectivity index (χ0n) is 13.7. The summed E-state index contributed by atoms with van der Waals surface area (Å²) < 4.78 is 28.3. The molecule has 25 heavy (non-hydrogen) atoms. The van der Waals surface area contributed by atoms with Crippen LogP contribution in [0.2, 0.25) is 0 Å². The van der Waals surface area contributed by atoms with Gasteiger partial charge >= 0.3 is 0 Å². The first-order valence-electron chi connectivity index (χ1n) is 7.82. The molecule has 1 amide bonds. The minimum atomic E-state index is -3.30. The number of carbonyl (C=O) groups excluding carboxylic acids is 1. The van der Waals surface area contributed by atoms with Crippen LogP contribution in [0.25, 0.3) is 11.1 Å². The lowest BCUT2D eigenvalue weighted by Gasteiger charge is -2.15. The van der Waals surface area contributed by atoms with Gasteiger partial charge in [0, 0.05) is 11.1 Å². The lowest BCUT2D eigenvalue weighted by Crippen LogP contribution is -2.42. The molecule has 0 unspecified atom stereocenters. The lowest BCUT2D eigenvalue weighted by atomic mass is 10.0. The van der Waals surface area contributed by atoms with Crippen molar-refractivity contribution in [2.75, 3.05) is 18.6 Å². The molecule has 1 saturated heterocycles. The van der Waals surface area contributed by atoms with Crippen LogP contribution in [0.5, 0.6) is 5.75 Å². The van der Waals surface area contributed by atoms with Gasteiger partial charge in [0.1, 0.15) is 5.75 Å². The summed E-state index contributed by atoms with van der Waals surface area (Å²) in [6, 6.07) is 13.7. The highest BCUT2D eigenvalue weighted by molar-refractivity contribution is 7.91. The summed E-state index contributed by atoms with van der Waals surface area (Å²) in [6.07, 6.45) is -1.07. The van der Waals surface area contributed by atoms with E-state index in [1.165, 1.54) is 0 Å². The summed E-state index contributed by atoms with van der Waals surface area (Å²) in [5, 5.41) is 12.4. The van der Waals surface area contributed by atoms with E-state index >= 15 is 0 Å². The maximum atomic E-state index is 12.3. The second-order valence-electron chi connectivity index (χ2n) is 6.00. The Hall–Kier alpha value is -2.38. The number of hydrogen-bond acceptors (Lipinski definition) is 5. The number of hydrogen-bond donors (Lipinski definition) is 2. The molecular formula is C18H19NO5S. The topological polar surface area (TPSA) is 92.7 Å². The predicted octanol–water partition coefficient (Wildman–Crippen LogP) is 1.25. The molecule has 7 heteroatoms. The van der Waals surface area contributed by atoms with Gasteiger partial charge in [0.15, 0.2) is 9.84 Å². The molecule has 1 heterocycles. The first-order chi connectivity index (χ1) is 11.9. The Kier molecular flexibility index (Phi) is 4.78. The monoisotopic (exact) mass is 361 g/mol. The van der Waals surface area contributed by atoms with Crippen LogP contribution in [0.1, 0.15) is 10.4 Å². The molecule has 0 aromatic heterocycles. The van der Waals surface area contributed by atoms with Gasteiger partial charge < -0.3 is 15.2 Å². The third kappa shape index (κ3) is 3.83. The fourth-order valence-electron chi connectivity index (χ4n) is 2.90. The van der Waals surface area contributed by atoms with Crippen molar-refractivity contribution in [2.45, 2.75) is 12.1 Å². The van der Waals surface area contributed by atoms with E-state index in [1.807, 2.05) is 24.3 Å². The molecule has 132 valence electrons. The predicted molar refractivity (Wildman–Crippen MR) is 94.3 cm³/mol. The fourth-order valence-corrected chi connectivity index (χ4v) is 4.64. The van der Waals surface area contributed by atoms with Crippen LogP contribution in [-0.4, -0.2) is 50.2 Å². The molecule has 3 rings (SSSR count). The maximum absolute atomic E-state index is 12.3. The number of aliphatic hydroxyl groups is 1. The van der Waals surface area contributed by atoms with Gasteiger partial charge in [-0.1, -0.05) is 30.3 Å². The Morgan fingerprint density at radius 2 is 1.80 bits per heavy atom. The van der Waals surface area contributed by atoms with Crippen molar-refractivity contribution in [1.29, 1.82) is 0 Å². The largest absolute Gasteiger partial charge is 0.496 e. The number of nitrogens with one attached hydrogen (secondary N) is 1. The number of amides is 1. The highest BCUT2D eigenvalue weighted by atomic mass is 32.2. The molecule has 0 saturated carbocycles. The smallest absolute Gasteiger partial charge is 0.251 e. The standard InChI is InChI=1S/C18H19NO5S/c1-24-17-5-3-2-4-14(17)12-6-8-13(9-7-12)18(21)19-15-10-25(22,23)11-16(15)20/h2-9,15-16,20H,10-11H2,1H3,(H,19,21)/t15-,16-/m1/s1. The van der Waals surface area contributed by atoms with Crippen LogP contribution < -0.4 is 10.1 Å². The summed E-state index contributed by atoms with van der Waals surface area (Å²) in [7, 11) is -1.70. The van der Waals surface area contributed by atoms with E-state index in [4.69, 9.17) is 4.74 Å². The molecule has 6 nitrogen and oxygen atoms in total. The average molecular weight is 361 g/mol. The Balaban J connectivity index is 1.75. The molecule has 0 radical (unpaired) electrons. The number of para-hydroxylation sites is 1. The van der Waals surface area contributed by atoms with Gasteiger partial charge in [-0.05, 0) is 23.8 Å². The van der Waals surface area contributed by atoms with Gasteiger partial charge in [-0.25, -0.2) is 8.42 Å². The van der Waals surface area contributed by atoms with E-state index in [1.54, 1.807) is 31.4 Å². The summed E-state index contributed by atoms with van der Waals surface area (Å²) in [4.78, 5) is 12.3. The van der Waals surface area contributed by atoms with Gasteiger partial charge in [-0.15, -0.1) is 0 Å². The van der Waals surface area contributed by atoms with Crippen molar-refractivity contribution < 1.29 is 23.1 Å². The normalized spacial score (nSPS) is 21.7. The van der Waals surface area contributed by atoms with Gasteiger partial charge in [0.25, 0.3) is 5.91 Å². The third-order valence-corrected chi connectivity index (χ3v) is 5.92. The van der Waals surface area contributed by atoms with E-state index < -0.39 is 27.9 Å². The Labute approximate surface area is 146 Å². The van der Waals surface area contributed by atoms with Crippen molar-refractivity contribution >= 4 is 15.7 Å².